The van der Waals surface area contributed by atoms with Crippen molar-refractivity contribution in [2.75, 3.05) is 13.6 Å². The average Bonchev–Trinajstić information content (AvgIpc) is 2.80. The fourth-order valence-electron chi connectivity index (χ4n) is 1.66. The number of para-hydroxylation sites is 1. The molecule has 2 rings (SSSR count). The van der Waals surface area contributed by atoms with E-state index in [1.54, 1.807) is 18.0 Å². The number of likely N-dealkylation sites (N-methyl/N-ethyl adjacent to an activating group) is 1. The lowest BCUT2D eigenvalue weighted by Crippen LogP contribution is -2.49. The van der Waals surface area contributed by atoms with Crippen LogP contribution in [0, 0.1) is 0 Å². The van der Waals surface area contributed by atoms with Crippen LogP contribution >= 0.6 is 0 Å². The van der Waals surface area contributed by atoms with Crippen LogP contribution in [-0.2, 0) is 0 Å². The highest BCUT2D eigenvalue weighted by Gasteiger charge is 2.28. The molecule has 1 aromatic heterocycles. The number of nitrogens with two attached hydrogens (primary N) is 1. The summed E-state index contributed by atoms with van der Waals surface area (Å²) in [6.07, 6.45) is 0. The highest BCUT2D eigenvalue weighted by atomic mass is 16.3. The number of hydrogen-bond donors (Lipinski definition) is 1. The maximum Gasteiger partial charge on any atom is 0.289 e. The second-order valence-corrected chi connectivity index (χ2v) is 5.03. The topological polar surface area (TPSA) is 59.5 Å². The molecule has 4 heteroatoms. The van der Waals surface area contributed by atoms with Crippen molar-refractivity contribution in [2.45, 2.75) is 19.4 Å². The summed E-state index contributed by atoms with van der Waals surface area (Å²) in [4.78, 5) is 13.9. The summed E-state index contributed by atoms with van der Waals surface area (Å²) in [6, 6.07) is 9.33. The normalized spacial score (nSPS) is 11.8. The molecule has 0 aliphatic rings. The molecule has 18 heavy (non-hydrogen) atoms. The Balaban J connectivity index is 2.34. The van der Waals surface area contributed by atoms with E-state index in [0.717, 1.165) is 11.0 Å². The van der Waals surface area contributed by atoms with Gasteiger partial charge in [-0.15, -0.1) is 0 Å². The van der Waals surface area contributed by atoms with E-state index in [0.29, 0.717) is 12.3 Å². The first-order chi connectivity index (χ1) is 8.45. The molecule has 96 valence electrons. The van der Waals surface area contributed by atoms with Gasteiger partial charge in [0.05, 0.1) is 0 Å². The molecule has 0 saturated heterocycles. The standard InChI is InChI=1S/C14H18N2O2/c1-14(2,9-15)16(3)13(17)12-8-10-6-4-5-7-11(10)18-12/h4-8H,9,15H2,1-3H3. The van der Waals surface area contributed by atoms with E-state index in [2.05, 4.69) is 0 Å². The summed E-state index contributed by atoms with van der Waals surface area (Å²) in [5.74, 6) is 0.196. The van der Waals surface area contributed by atoms with Crippen molar-refractivity contribution in [3.63, 3.8) is 0 Å². The highest BCUT2D eigenvalue weighted by Crippen LogP contribution is 2.22. The maximum atomic E-state index is 12.3. The molecular formula is C14H18N2O2. The van der Waals surface area contributed by atoms with Gasteiger partial charge < -0.3 is 15.1 Å². The van der Waals surface area contributed by atoms with Crippen molar-refractivity contribution in [3.8, 4) is 0 Å². The molecule has 0 saturated carbocycles. The van der Waals surface area contributed by atoms with Crippen LogP contribution in [0.5, 0.6) is 0 Å². The molecule has 0 spiro atoms. The van der Waals surface area contributed by atoms with Gasteiger partial charge in [0.25, 0.3) is 5.91 Å². The number of carbonyl (C=O) groups is 1. The van der Waals surface area contributed by atoms with Crippen molar-refractivity contribution in [3.05, 3.63) is 36.1 Å². The predicted molar refractivity (Wildman–Crippen MR) is 71.4 cm³/mol. The molecule has 1 aromatic carbocycles. The third-order valence-corrected chi connectivity index (χ3v) is 3.35. The number of benzene rings is 1. The number of fused-ring (bicyclic) bond motifs is 1. The van der Waals surface area contributed by atoms with E-state index < -0.39 is 5.54 Å². The largest absolute Gasteiger partial charge is 0.451 e. The van der Waals surface area contributed by atoms with Gasteiger partial charge in [0.2, 0.25) is 0 Å². The maximum absolute atomic E-state index is 12.3. The lowest BCUT2D eigenvalue weighted by Gasteiger charge is -2.33. The Bertz CT molecular complexity index is 539. The van der Waals surface area contributed by atoms with Crippen LogP contribution in [0.15, 0.2) is 34.7 Å². The smallest absolute Gasteiger partial charge is 0.289 e. The third kappa shape index (κ3) is 2.11. The zero-order valence-electron chi connectivity index (χ0n) is 10.9. The minimum absolute atomic E-state index is 0.151. The van der Waals surface area contributed by atoms with E-state index in [1.807, 2.05) is 38.1 Å². The number of rotatable bonds is 3. The van der Waals surface area contributed by atoms with Crippen LogP contribution in [0.4, 0.5) is 0 Å². The van der Waals surface area contributed by atoms with Crippen molar-refractivity contribution in [1.29, 1.82) is 0 Å². The predicted octanol–water partition coefficient (Wildman–Crippen LogP) is 2.24. The Morgan fingerprint density at radius 1 is 1.39 bits per heavy atom. The number of furan rings is 1. The first-order valence-corrected chi connectivity index (χ1v) is 5.92. The summed E-state index contributed by atoms with van der Waals surface area (Å²) < 4.78 is 5.56. The van der Waals surface area contributed by atoms with E-state index in [-0.39, 0.29) is 5.91 Å². The van der Waals surface area contributed by atoms with Crippen molar-refractivity contribution in [1.82, 2.24) is 4.90 Å². The molecule has 0 radical (unpaired) electrons. The Kier molecular flexibility index (Phi) is 3.13. The molecule has 0 aliphatic heterocycles. The Hall–Kier alpha value is -1.81. The second-order valence-electron chi connectivity index (χ2n) is 5.03. The number of amides is 1. The Morgan fingerprint density at radius 2 is 2.06 bits per heavy atom. The minimum Gasteiger partial charge on any atom is -0.451 e. The van der Waals surface area contributed by atoms with Gasteiger partial charge in [-0.25, -0.2) is 0 Å². The summed E-state index contributed by atoms with van der Waals surface area (Å²) >= 11 is 0. The Labute approximate surface area is 106 Å². The minimum atomic E-state index is -0.393. The van der Waals surface area contributed by atoms with Crippen LogP contribution in [0.1, 0.15) is 24.4 Å². The zero-order chi connectivity index (χ0) is 13.3. The quantitative estimate of drug-likeness (QED) is 0.903. The fraction of sp³-hybridized carbons (Fsp3) is 0.357. The molecular weight excluding hydrogens is 228 g/mol. The van der Waals surface area contributed by atoms with Crippen LogP contribution < -0.4 is 5.73 Å². The van der Waals surface area contributed by atoms with Crippen molar-refractivity contribution < 1.29 is 9.21 Å². The van der Waals surface area contributed by atoms with Gasteiger partial charge in [0.1, 0.15) is 5.58 Å². The summed E-state index contributed by atoms with van der Waals surface area (Å²) in [5.41, 5.74) is 6.00. The molecule has 4 nitrogen and oxygen atoms in total. The summed E-state index contributed by atoms with van der Waals surface area (Å²) in [7, 11) is 1.74. The van der Waals surface area contributed by atoms with E-state index in [4.69, 9.17) is 10.2 Å². The molecule has 0 aliphatic carbocycles. The zero-order valence-corrected chi connectivity index (χ0v) is 10.9. The van der Waals surface area contributed by atoms with Crippen LogP contribution in [0.3, 0.4) is 0 Å². The van der Waals surface area contributed by atoms with Crippen LogP contribution in [-0.4, -0.2) is 29.9 Å². The van der Waals surface area contributed by atoms with Gasteiger partial charge in [-0.2, -0.15) is 0 Å². The molecule has 0 fully saturated rings. The lowest BCUT2D eigenvalue weighted by molar-refractivity contribution is 0.0610. The third-order valence-electron chi connectivity index (χ3n) is 3.35. The summed E-state index contributed by atoms with van der Waals surface area (Å²) in [5, 5.41) is 0.930. The Morgan fingerprint density at radius 3 is 2.67 bits per heavy atom. The second kappa shape index (κ2) is 4.46. The molecule has 1 amide bonds. The van der Waals surface area contributed by atoms with Crippen LogP contribution in [0.2, 0.25) is 0 Å². The van der Waals surface area contributed by atoms with Gasteiger partial charge >= 0.3 is 0 Å². The van der Waals surface area contributed by atoms with Gasteiger partial charge in [0.15, 0.2) is 5.76 Å². The lowest BCUT2D eigenvalue weighted by atomic mass is 10.0. The van der Waals surface area contributed by atoms with E-state index >= 15 is 0 Å². The first-order valence-electron chi connectivity index (χ1n) is 5.92. The molecule has 1 heterocycles. The molecule has 0 unspecified atom stereocenters. The average molecular weight is 246 g/mol. The number of hydrogen-bond acceptors (Lipinski definition) is 3. The fourth-order valence-corrected chi connectivity index (χ4v) is 1.66. The van der Waals surface area contributed by atoms with Crippen LogP contribution in [0.25, 0.3) is 11.0 Å². The van der Waals surface area contributed by atoms with Gasteiger partial charge in [0, 0.05) is 24.5 Å². The van der Waals surface area contributed by atoms with Crippen molar-refractivity contribution in [2.24, 2.45) is 5.73 Å². The molecule has 2 N–H and O–H groups in total. The number of nitrogens with zero attached hydrogens (tertiary/aromatic N) is 1. The number of carbonyl (C=O) groups excluding carboxylic acids is 1. The SMILES string of the molecule is CN(C(=O)c1cc2ccccc2o1)C(C)(C)CN. The molecule has 0 bridgehead atoms. The highest BCUT2D eigenvalue weighted by molar-refractivity contribution is 5.96. The monoisotopic (exact) mass is 246 g/mol. The van der Waals surface area contributed by atoms with Crippen molar-refractivity contribution >= 4 is 16.9 Å². The molecule has 2 aromatic rings. The van der Waals surface area contributed by atoms with Gasteiger partial charge in [-0.3, -0.25) is 4.79 Å². The van der Waals surface area contributed by atoms with E-state index in [9.17, 15) is 4.79 Å². The van der Waals surface area contributed by atoms with Gasteiger partial charge in [-0.1, -0.05) is 18.2 Å². The summed E-state index contributed by atoms with van der Waals surface area (Å²) in [6.45, 7) is 4.25. The first kappa shape index (κ1) is 12.6. The van der Waals surface area contributed by atoms with E-state index in [1.165, 1.54) is 0 Å². The van der Waals surface area contributed by atoms with Gasteiger partial charge in [-0.05, 0) is 26.0 Å². The molecule has 0 atom stereocenters.